The van der Waals surface area contributed by atoms with Crippen molar-refractivity contribution in [3.8, 4) is 11.5 Å². The van der Waals surface area contributed by atoms with Crippen molar-refractivity contribution in [2.75, 3.05) is 39.8 Å². The summed E-state index contributed by atoms with van der Waals surface area (Å²) in [5.41, 5.74) is 2.10. The molecule has 2 rings (SSSR count). The predicted molar refractivity (Wildman–Crippen MR) is 72.4 cm³/mol. The molecular weight excluding hydrogens is 228 g/mol. The Bertz CT molecular complexity index is 401. The summed E-state index contributed by atoms with van der Waals surface area (Å²) < 4.78 is 5.18. The van der Waals surface area contributed by atoms with Crippen LogP contribution >= 0.6 is 0 Å². The molecule has 18 heavy (non-hydrogen) atoms. The van der Waals surface area contributed by atoms with Gasteiger partial charge in [0, 0.05) is 32.7 Å². The molecule has 0 radical (unpaired) electrons. The summed E-state index contributed by atoms with van der Waals surface area (Å²) in [5, 5.41) is 13.4. The number of ether oxygens (including phenoxy) is 1. The second kappa shape index (κ2) is 6.07. The quantitative estimate of drug-likeness (QED) is 0.841. The van der Waals surface area contributed by atoms with Crippen LogP contribution in [-0.2, 0) is 6.42 Å². The van der Waals surface area contributed by atoms with Crippen LogP contribution in [0.1, 0.15) is 11.1 Å². The van der Waals surface area contributed by atoms with E-state index in [0.717, 1.165) is 50.3 Å². The third-order valence-corrected chi connectivity index (χ3v) is 3.43. The van der Waals surface area contributed by atoms with Gasteiger partial charge in [0.05, 0.1) is 7.11 Å². The Morgan fingerprint density at radius 1 is 1.33 bits per heavy atom. The fourth-order valence-corrected chi connectivity index (χ4v) is 2.38. The van der Waals surface area contributed by atoms with E-state index in [9.17, 15) is 5.11 Å². The minimum Gasteiger partial charge on any atom is -0.504 e. The van der Waals surface area contributed by atoms with Crippen LogP contribution in [0.4, 0.5) is 0 Å². The van der Waals surface area contributed by atoms with Gasteiger partial charge in [0.15, 0.2) is 11.5 Å². The van der Waals surface area contributed by atoms with E-state index in [0.29, 0.717) is 11.5 Å². The molecule has 4 nitrogen and oxygen atoms in total. The number of nitrogens with one attached hydrogen (secondary N) is 1. The molecule has 1 heterocycles. The highest BCUT2D eigenvalue weighted by Gasteiger charge is 2.13. The Balaban J connectivity index is 2.01. The highest BCUT2D eigenvalue weighted by atomic mass is 16.5. The number of phenolic OH excluding ortho intramolecular Hbond substituents is 1. The van der Waals surface area contributed by atoms with Gasteiger partial charge in [-0.05, 0) is 30.5 Å². The minimum atomic E-state index is 0.290. The summed E-state index contributed by atoms with van der Waals surface area (Å²) >= 11 is 0. The highest BCUT2D eigenvalue weighted by Crippen LogP contribution is 2.31. The standard InChI is InChI=1S/C14H22N2O2/c1-11-9-12(14(17)13(10-11)18-2)3-6-16-7-4-15-5-8-16/h9-10,15,17H,3-8H2,1-2H3. The van der Waals surface area contributed by atoms with E-state index < -0.39 is 0 Å². The number of benzene rings is 1. The largest absolute Gasteiger partial charge is 0.504 e. The molecule has 1 aliphatic heterocycles. The van der Waals surface area contributed by atoms with Crippen LogP contribution in [0.3, 0.4) is 0 Å². The van der Waals surface area contributed by atoms with E-state index in [-0.39, 0.29) is 0 Å². The molecule has 4 heteroatoms. The van der Waals surface area contributed by atoms with Crippen molar-refractivity contribution in [3.05, 3.63) is 23.3 Å². The molecule has 1 aromatic carbocycles. The summed E-state index contributed by atoms with van der Waals surface area (Å²) in [5.74, 6) is 0.864. The van der Waals surface area contributed by atoms with Crippen molar-refractivity contribution in [1.29, 1.82) is 0 Å². The van der Waals surface area contributed by atoms with Crippen molar-refractivity contribution in [2.45, 2.75) is 13.3 Å². The van der Waals surface area contributed by atoms with E-state index in [1.165, 1.54) is 0 Å². The Morgan fingerprint density at radius 3 is 2.72 bits per heavy atom. The molecule has 1 fully saturated rings. The zero-order chi connectivity index (χ0) is 13.0. The van der Waals surface area contributed by atoms with Crippen LogP contribution in [0.5, 0.6) is 11.5 Å². The van der Waals surface area contributed by atoms with E-state index in [2.05, 4.69) is 10.2 Å². The van der Waals surface area contributed by atoms with Gasteiger partial charge in [0.1, 0.15) is 0 Å². The highest BCUT2D eigenvalue weighted by molar-refractivity contribution is 5.48. The lowest BCUT2D eigenvalue weighted by Crippen LogP contribution is -2.44. The molecular formula is C14H22N2O2. The maximum absolute atomic E-state index is 10.1. The molecule has 0 atom stereocenters. The lowest BCUT2D eigenvalue weighted by atomic mass is 10.1. The van der Waals surface area contributed by atoms with Gasteiger partial charge < -0.3 is 20.1 Å². The topological polar surface area (TPSA) is 44.7 Å². The van der Waals surface area contributed by atoms with Crippen molar-refractivity contribution in [1.82, 2.24) is 10.2 Å². The number of aromatic hydroxyl groups is 1. The molecule has 0 aliphatic carbocycles. The average Bonchev–Trinajstić information content (AvgIpc) is 2.40. The third-order valence-electron chi connectivity index (χ3n) is 3.43. The van der Waals surface area contributed by atoms with Gasteiger partial charge in [-0.3, -0.25) is 0 Å². The maximum Gasteiger partial charge on any atom is 0.161 e. The van der Waals surface area contributed by atoms with Crippen molar-refractivity contribution >= 4 is 0 Å². The Morgan fingerprint density at radius 2 is 2.06 bits per heavy atom. The van der Waals surface area contributed by atoms with Crippen LogP contribution in [-0.4, -0.2) is 49.8 Å². The first-order valence-corrected chi connectivity index (χ1v) is 6.50. The molecule has 0 saturated carbocycles. The van der Waals surface area contributed by atoms with Gasteiger partial charge in [-0.1, -0.05) is 6.07 Å². The van der Waals surface area contributed by atoms with Crippen molar-refractivity contribution in [2.24, 2.45) is 0 Å². The lowest BCUT2D eigenvalue weighted by molar-refractivity contribution is 0.243. The Hall–Kier alpha value is -1.26. The van der Waals surface area contributed by atoms with E-state index in [1.54, 1.807) is 7.11 Å². The summed E-state index contributed by atoms with van der Waals surface area (Å²) in [7, 11) is 1.59. The van der Waals surface area contributed by atoms with Crippen LogP contribution in [0, 0.1) is 6.92 Å². The van der Waals surface area contributed by atoms with E-state index in [4.69, 9.17) is 4.74 Å². The second-order valence-corrected chi connectivity index (χ2v) is 4.82. The van der Waals surface area contributed by atoms with Gasteiger partial charge in [-0.15, -0.1) is 0 Å². The van der Waals surface area contributed by atoms with Crippen LogP contribution in [0.2, 0.25) is 0 Å². The van der Waals surface area contributed by atoms with E-state index >= 15 is 0 Å². The first-order chi connectivity index (χ1) is 8.70. The predicted octanol–water partition coefficient (Wildman–Crippen LogP) is 1.16. The number of phenols is 1. The lowest BCUT2D eigenvalue weighted by Gasteiger charge is -2.27. The molecule has 2 N–H and O–H groups in total. The third kappa shape index (κ3) is 3.15. The molecule has 0 unspecified atom stereocenters. The van der Waals surface area contributed by atoms with Gasteiger partial charge in [-0.25, -0.2) is 0 Å². The van der Waals surface area contributed by atoms with Gasteiger partial charge >= 0.3 is 0 Å². The molecule has 0 aromatic heterocycles. The smallest absolute Gasteiger partial charge is 0.161 e. The van der Waals surface area contributed by atoms with E-state index in [1.807, 2.05) is 19.1 Å². The normalized spacial score (nSPS) is 16.8. The van der Waals surface area contributed by atoms with Crippen molar-refractivity contribution in [3.63, 3.8) is 0 Å². The number of rotatable bonds is 4. The minimum absolute atomic E-state index is 0.290. The molecule has 0 amide bonds. The summed E-state index contributed by atoms with van der Waals surface area (Å²) in [6, 6.07) is 3.91. The average molecular weight is 250 g/mol. The number of aryl methyl sites for hydroxylation is 1. The fraction of sp³-hybridized carbons (Fsp3) is 0.571. The second-order valence-electron chi connectivity index (χ2n) is 4.82. The molecule has 100 valence electrons. The first-order valence-electron chi connectivity index (χ1n) is 6.50. The number of methoxy groups -OCH3 is 1. The van der Waals surface area contributed by atoms with Crippen molar-refractivity contribution < 1.29 is 9.84 Å². The zero-order valence-electron chi connectivity index (χ0n) is 11.2. The van der Waals surface area contributed by atoms with Gasteiger partial charge in [0.25, 0.3) is 0 Å². The maximum atomic E-state index is 10.1. The molecule has 1 aliphatic rings. The van der Waals surface area contributed by atoms with Crippen LogP contribution in [0.25, 0.3) is 0 Å². The molecule has 0 spiro atoms. The Kier molecular flexibility index (Phi) is 4.44. The summed E-state index contributed by atoms with van der Waals surface area (Å²) in [6.07, 6.45) is 0.865. The molecule has 1 saturated heterocycles. The number of hydrogen-bond donors (Lipinski definition) is 2. The number of nitrogens with zero attached hydrogens (tertiary/aromatic N) is 1. The fourth-order valence-electron chi connectivity index (χ4n) is 2.38. The number of piperazine rings is 1. The zero-order valence-corrected chi connectivity index (χ0v) is 11.2. The molecule has 1 aromatic rings. The monoisotopic (exact) mass is 250 g/mol. The Labute approximate surface area is 109 Å². The number of hydrogen-bond acceptors (Lipinski definition) is 4. The summed E-state index contributed by atoms with van der Waals surface area (Å²) in [4.78, 5) is 2.42. The van der Waals surface area contributed by atoms with Crippen LogP contribution in [0.15, 0.2) is 12.1 Å². The van der Waals surface area contributed by atoms with Crippen LogP contribution < -0.4 is 10.1 Å². The SMILES string of the molecule is COc1cc(C)cc(CCN2CCNCC2)c1O. The van der Waals surface area contributed by atoms with Gasteiger partial charge in [0.2, 0.25) is 0 Å². The molecule has 0 bridgehead atoms. The van der Waals surface area contributed by atoms with Gasteiger partial charge in [-0.2, -0.15) is 0 Å². The first kappa shape index (κ1) is 13.2. The summed E-state index contributed by atoms with van der Waals surface area (Å²) in [6.45, 7) is 7.30.